The third-order valence-corrected chi connectivity index (χ3v) is 7.32. The zero-order valence-electron chi connectivity index (χ0n) is 21.8. The van der Waals surface area contributed by atoms with Gasteiger partial charge in [-0.3, -0.25) is 18.9 Å². The summed E-state index contributed by atoms with van der Waals surface area (Å²) in [5, 5.41) is 2.42. The number of sulfonamides is 1. The van der Waals surface area contributed by atoms with Gasteiger partial charge in [0.25, 0.3) is 0 Å². The van der Waals surface area contributed by atoms with Crippen molar-refractivity contribution in [2.45, 2.75) is 72.1 Å². The maximum Gasteiger partial charge on any atom is 0.233 e. The van der Waals surface area contributed by atoms with Gasteiger partial charge in [0.2, 0.25) is 21.8 Å². The van der Waals surface area contributed by atoms with Crippen molar-refractivity contribution in [2.75, 3.05) is 6.26 Å². The molecule has 0 spiro atoms. The van der Waals surface area contributed by atoms with Crippen molar-refractivity contribution in [1.82, 2.24) is 9.29 Å². The average Bonchev–Trinajstić information content (AvgIpc) is 3.20. The molecule has 0 saturated heterocycles. The summed E-state index contributed by atoms with van der Waals surface area (Å²) in [6.07, 6.45) is 2.52. The highest BCUT2D eigenvalue weighted by Gasteiger charge is 2.31. The van der Waals surface area contributed by atoms with Crippen molar-refractivity contribution >= 4 is 32.6 Å². The van der Waals surface area contributed by atoms with Gasteiger partial charge in [-0.1, -0.05) is 53.7 Å². The monoisotopic (exact) mass is 494 g/mol. The summed E-state index contributed by atoms with van der Waals surface area (Å²) in [6, 6.07) is 9.06. The first kappa shape index (κ1) is 25.2. The molecular formula is C28H34N2O4S. The first-order valence-electron chi connectivity index (χ1n) is 11.9. The van der Waals surface area contributed by atoms with Gasteiger partial charge in [0.15, 0.2) is 0 Å². The number of aromatic nitrogens is 1. The topological polar surface area (TPSA) is 85.2 Å². The fraction of sp³-hybridized carbons (Fsp3) is 0.429. The number of benzene rings is 2. The maximum absolute atomic E-state index is 13.1. The quantitative estimate of drug-likeness (QED) is 0.395. The van der Waals surface area contributed by atoms with Crippen LogP contribution >= 0.6 is 0 Å². The molecule has 7 heteroatoms. The molecule has 3 aromatic rings. The summed E-state index contributed by atoms with van der Waals surface area (Å²) < 4.78 is 26.1. The van der Waals surface area contributed by atoms with Crippen molar-refractivity contribution in [3.63, 3.8) is 0 Å². The van der Waals surface area contributed by atoms with Gasteiger partial charge < -0.3 is 0 Å². The molecule has 1 amide bonds. The van der Waals surface area contributed by atoms with Crippen molar-refractivity contribution in [2.24, 2.45) is 0 Å². The van der Waals surface area contributed by atoms with Crippen molar-refractivity contribution < 1.29 is 18.0 Å². The third-order valence-electron chi connectivity index (χ3n) is 6.73. The second-order valence-corrected chi connectivity index (χ2v) is 13.5. The SMILES string of the molecule is Cc1c2c(cn1C(=O)CCC(=O)NS(C)(=O)=O)-c1cc(C(C)(C)C)cc3cc(C(C)(C)C)cc-2c13. The van der Waals surface area contributed by atoms with Gasteiger partial charge in [-0.25, -0.2) is 8.42 Å². The Morgan fingerprint density at radius 2 is 1.40 bits per heavy atom. The lowest BCUT2D eigenvalue weighted by atomic mass is 9.81. The first-order valence-corrected chi connectivity index (χ1v) is 13.8. The lowest BCUT2D eigenvalue weighted by molar-refractivity contribution is -0.119. The number of rotatable bonds is 4. The Kier molecular flexibility index (Phi) is 5.79. The van der Waals surface area contributed by atoms with Gasteiger partial charge in [0.1, 0.15) is 0 Å². The Bertz CT molecular complexity index is 1490. The van der Waals surface area contributed by atoms with E-state index in [0.29, 0.717) is 0 Å². The smallest absolute Gasteiger partial charge is 0.233 e. The molecule has 6 nitrogen and oxygen atoms in total. The van der Waals surface area contributed by atoms with Crippen LogP contribution in [0.1, 0.15) is 76.0 Å². The second-order valence-electron chi connectivity index (χ2n) is 11.7. The van der Waals surface area contributed by atoms with Gasteiger partial charge in [0, 0.05) is 35.9 Å². The molecule has 0 atom stereocenters. The van der Waals surface area contributed by atoms with Crippen LogP contribution in [0.4, 0.5) is 0 Å². The van der Waals surface area contributed by atoms with Gasteiger partial charge in [-0.2, -0.15) is 0 Å². The Balaban J connectivity index is 1.83. The predicted molar refractivity (Wildman–Crippen MR) is 141 cm³/mol. The molecule has 35 heavy (non-hydrogen) atoms. The molecule has 0 radical (unpaired) electrons. The third kappa shape index (κ3) is 4.66. The van der Waals surface area contributed by atoms with Crippen LogP contribution in [0.5, 0.6) is 0 Å². The van der Waals surface area contributed by atoms with Crippen LogP contribution in [0, 0.1) is 6.92 Å². The van der Waals surface area contributed by atoms with Crippen LogP contribution in [0.15, 0.2) is 30.5 Å². The van der Waals surface area contributed by atoms with E-state index in [2.05, 4.69) is 65.8 Å². The van der Waals surface area contributed by atoms with E-state index >= 15 is 0 Å². The summed E-state index contributed by atoms with van der Waals surface area (Å²) in [4.78, 5) is 25.0. The van der Waals surface area contributed by atoms with E-state index in [1.807, 2.05) is 17.8 Å². The summed E-state index contributed by atoms with van der Waals surface area (Å²) in [5.41, 5.74) is 7.56. The van der Waals surface area contributed by atoms with Crippen LogP contribution in [0.25, 0.3) is 33.0 Å². The molecule has 4 rings (SSSR count). The van der Waals surface area contributed by atoms with Crippen molar-refractivity contribution in [1.29, 1.82) is 0 Å². The first-order chi connectivity index (χ1) is 16.0. The maximum atomic E-state index is 13.1. The molecule has 1 aliphatic carbocycles. The number of carbonyl (C=O) groups excluding carboxylic acids is 2. The van der Waals surface area contributed by atoms with Crippen LogP contribution in [-0.4, -0.2) is 31.1 Å². The lowest BCUT2D eigenvalue weighted by Gasteiger charge is -2.23. The second kappa shape index (κ2) is 8.05. The van der Waals surface area contributed by atoms with Gasteiger partial charge in [0.05, 0.1) is 6.26 Å². The van der Waals surface area contributed by atoms with E-state index < -0.39 is 15.9 Å². The summed E-state index contributed by atoms with van der Waals surface area (Å²) in [5.74, 6) is -0.921. The standard InChI is InChI=1S/C28H34N2O4S/c1-16-25-21-14-19(28(5,6)7)12-17-11-18(27(2,3)4)13-20(26(17)21)22(25)15-30(16)24(32)10-9-23(31)29-35(8,33)34/h11-15H,9-10H2,1-8H3,(H,29,31). The summed E-state index contributed by atoms with van der Waals surface area (Å²) in [7, 11) is -3.65. The van der Waals surface area contributed by atoms with Crippen LogP contribution < -0.4 is 4.72 Å². The van der Waals surface area contributed by atoms with E-state index in [-0.39, 0.29) is 29.6 Å². The predicted octanol–water partition coefficient (Wildman–Crippen LogP) is 5.69. The Morgan fingerprint density at radius 1 is 0.857 bits per heavy atom. The van der Waals surface area contributed by atoms with E-state index in [1.165, 1.54) is 21.9 Å². The molecule has 0 fully saturated rings. The van der Waals surface area contributed by atoms with E-state index in [9.17, 15) is 18.0 Å². The van der Waals surface area contributed by atoms with Crippen LogP contribution in [0.3, 0.4) is 0 Å². The number of amides is 1. The highest BCUT2D eigenvalue weighted by Crippen LogP contribution is 2.52. The minimum absolute atomic E-state index is 0.0360. The molecule has 0 saturated carbocycles. The van der Waals surface area contributed by atoms with E-state index in [1.54, 1.807) is 4.57 Å². The Morgan fingerprint density at radius 3 is 1.91 bits per heavy atom. The van der Waals surface area contributed by atoms with Gasteiger partial charge in [-0.15, -0.1) is 0 Å². The number of nitrogens with one attached hydrogen (secondary N) is 1. The zero-order valence-corrected chi connectivity index (χ0v) is 22.6. The fourth-order valence-corrected chi connectivity index (χ4v) is 5.31. The normalized spacial score (nSPS) is 13.3. The van der Waals surface area contributed by atoms with Crippen molar-refractivity contribution in [3.05, 3.63) is 47.3 Å². The number of hydrogen-bond donors (Lipinski definition) is 1. The summed E-state index contributed by atoms with van der Waals surface area (Å²) in [6.45, 7) is 15.1. The number of carbonyl (C=O) groups is 2. The molecular weight excluding hydrogens is 460 g/mol. The molecule has 0 unspecified atom stereocenters. The Labute approximate surface area is 207 Å². The summed E-state index contributed by atoms with van der Waals surface area (Å²) >= 11 is 0. The minimum Gasteiger partial charge on any atom is -0.291 e. The molecule has 1 aromatic heterocycles. The fourth-order valence-electron chi connectivity index (χ4n) is 4.80. The number of hydrogen-bond acceptors (Lipinski definition) is 4. The Hall–Kier alpha value is -2.93. The molecule has 0 aliphatic heterocycles. The molecule has 0 bridgehead atoms. The molecule has 2 aromatic carbocycles. The molecule has 1 N–H and O–H groups in total. The number of nitrogens with zero attached hydrogens (tertiary/aromatic N) is 1. The zero-order chi connectivity index (χ0) is 26.1. The highest BCUT2D eigenvalue weighted by atomic mass is 32.2. The van der Waals surface area contributed by atoms with E-state index in [0.717, 1.165) is 34.2 Å². The minimum atomic E-state index is -3.65. The number of fused-ring (bicyclic) bond motifs is 3. The van der Waals surface area contributed by atoms with Gasteiger partial charge >= 0.3 is 0 Å². The highest BCUT2D eigenvalue weighted by molar-refractivity contribution is 7.89. The largest absolute Gasteiger partial charge is 0.291 e. The van der Waals surface area contributed by atoms with Crippen molar-refractivity contribution in [3.8, 4) is 22.3 Å². The lowest BCUT2D eigenvalue weighted by Crippen LogP contribution is -2.29. The molecule has 1 heterocycles. The van der Waals surface area contributed by atoms with E-state index in [4.69, 9.17) is 0 Å². The van der Waals surface area contributed by atoms with Crippen LogP contribution in [-0.2, 0) is 25.6 Å². The average molecular weight is 495 g/mol. The molecule has 186 valence electrons. The van der Waals surface area contributed by atoms with Crippen LogP contribution in [0.2, 0.25) is 0 Å². The molecule has 1 aliphatic rings. The van der Waals surface area contributed by atoms with Gasteiger partial charge in [-0.05, 0) is 62.9 Å².